The van der Waals surface area contributed by atoms with E-state index in [0.717, 1.165) is 19.5 Å². The van der Waals surface area contributed by atoms with E-state index in [1.54, 1.807) is 24.3 Å². The Labute approximate surface area is 161 Å². The second-order valence-corrected chi connectivity index (χ2v) is 7.42. The zero-order valence-electron chi connectivity index (χ0n) is 12.8. The number of benzene rings is 2. The molecule has 2 aromatic carbocycles. The van der Waals surface area contributed by atoms with Gasteiger partial charge in [-0.1, -0.05) is 29.3 Å². The second-order valence-electron chi connectivity index (χ2n) is 5.78. The standard InChI is InChI=1S/C17H12BrCl2N3O2/c18-13-10(9-3-2-8(19)6-12(9)20)7-11(16(24)25)15-14(13)22-17-21-4-1-5-23(15)17/h2-3,6-7H,1,4-5H2,(H,21,22)(H,24,25). The molecular formula is C17H12BrCl2N3O2. The fourth-order valence-corrected chi connectivity index (χ4v) is 4.25. The minimum Gasteiger partial charge on any atom is -0.478 e. The van der Waals surface area contributed by atoms with Crippen LogP contribution in [0.15, 0.2) is 28.7 Å². The number of halogens is 3. The summed E-state index contributed by atoms with van der Waals surface area (Å²) in [4.78, 5) is 16.5. The molecule has 2 heterocycles. The number of fused-ring (bicyclic) bond motifs is 3. The molecule has 8 heteroatoms. The lowest BCUT2D eigenvalue weighted by Crippen LogP contribution is -2.17. The predicted octanol–water partition coefficient (Wildman–Crippen LogP) is 5.29. The molecule has 0 radical (unpaired) electrons. The van der Waals surface area contributed by atoms with E-state index in [4.69, 9.17) is 23.2 Å². The molecule has 0 spiro atoms. The number of imidazole rings is 1. The largest absolute Gasteiger partial charge is 0.478 e. The number of carboxylic acid groups (broad SMARTS) is 1. The van der Waals surface area contributed by atoms with Gasteiger partial charge in [0.05, 0.1) is 15.6 Å². The summed E-state index contributed by atoms with van der Waals surface area (Å²) in [7, 11) is 0. The quantitative estimate of drug-likeness (QED) is 0.568. The van der Waals surface area contributed by atoms with Crippen LogP contribution < -0.4 is 5.32 Å². The predicted molar refractivity (Wildman–Crippen MR) is 103 cm³/mol. The highest BCUT2D eigenvalue weighted by Gasteiger charge is 2.25. The number of nitrogens with one attached hydrogen (secondary N) is 1. The number of hydrogen-bond donors (Lipinski definition) is 2. The maximum absolute atomic E-state index is 11.9. The maximum Gasteiger partial charge on any atom is 0.337 e. The Morgan fingerprint density at radius 3 is 2.80 bits per heavy atom. The molecule has 128 valence electrons. The summed E-state index contributed by atoms with van der Waals surface area (Å²) in [5, 5.41) is 13.9. The molecular weight excluding hydrogens is 429 g/mol. The van der Waals surface area contributed by atoms with E-state index in [9.17, 15) is 9.90 Å². The third-order valence-electron chi connectivity index (χ3n) is 4.25. The average Bonchev–Trinajstić information content (AvgIpc) is 2.96. The Morgan fingerprint density at radius 2 is 2.08 bits per heavy atom. The van der Waals surface area contributed by atoms with Gasteiger partial charge in [-0.2, -0.15) is 0 Å². The first-order chi connectivity index (χ1) is 12.0. The van der Waals surface area contributed by atoms with Crippen LogP contribution in [0.5, 0.6) is 0 Å². The summed E-state index contributed by atoms with van der Waals surface area (Å²) in [5.74, 6) is -0.319. The number of carboxylic acids is 1. The Morgan fingerprint density at radius 1 is 1.28 bits per heavy atom. The van der Waals surface area contributed by atoms with Crippen molar-refractivity contribution in [1.82, 2.24) is 9.55 Å². The number of anilines is 1. The number of nitrogens with zero attached hydrogens (tertiary/aromatic N) is 2. The third-order valence-corrected chi connectivity index (χ3v) is 5.60. The summed E-state index contributed by atoms with van der Waals surface area (Å²) < 4.78 is 2.63. The SMILES string of the molecule is O=C(O)c1cc(-c2ccc(Cl)cc2Cl)c(Br)c2nc3n(c12)CCCN3. The van der Waals surface area contributed by atoms with E-state index in [1.807, 2.05) is 4.57 Å². The zero-order valence-corrected chi connectivity index (χ0v) is 15.9. The van der Waals surface area contributed by atoms with Gasteiger partial charge in [0.1, 0.15) is 5.52 Å². The van der Waals surface area contributed by atoms with E-state index in [1.165, 1.54) is 0 Å². The molecule has 1 aliphatic heterocycles. The van der Waals surface area contributed by atoms with Gasteiger partial charge in [-0.05, 0) is 40.5 Å². The van der Waals surface area contributed by atoms with Crippen LogP contribution in [0.1, 0.15) is 16.8 Å². The van der Waals surface area contributed by atoms with Crippen LogP contribution >= 0.6 is 39.1 Å². The van der Waals surface area contributed by atoms with Crippen molar-refractivity contribution in [3.63, 3.8) is 0 Å². The molecule has 0 atom stereocenters. The van der Waals surface area contributed by atoms with Crippen LogP contribution in [0.3, 0.4) is 0 Å². The lowest BCUT2D eigenvalue weighted by molar-refractivity contribution is 0.0698. The van der Waals surface area contributed by atoms with Gasteiger partial charge in [-0.3, -0.25) is 0 Å². The zero-order chi connectivity index (χ0) is 17.7. The minimum absolute atomic E-state index is 0.196. The summed E-state index contributed by atoms with van der Waals surface area (Å²) in [6, 6.07) is 6.76. The van der Waals surface area contributed by atoms with E-state index < -0.39 is 5.97 Å². The molecule has 1 aromatic heterocycles. The van der Waals surface area contributed by atoms with Crippen molar-refractivity contribution in [1.29, 1.82) is 0 Å². The number of aromatic nitrogens is 2. The van der Waals surface area contributed by atoms with Crippen LogP contribution in [-0.2, 0) is 6.54 Å². The minimum atomic E-state index is -1.00. The van der Waals surface area contributed by atoms with Crippen LogP contribution in [-0.4, -0.2) is 27.2 Å². The molecule has 0 unspecified atom stereocenters. The molecule has 3 aromatic rings. The van der Waals surface area contributed by atoms with Gasteiger partial charge in [0, 0.05) is 34.3 Å². The smallest absolute Gasteiger partial charge is 0.337 e. The average molecular weight is 441 g/mol. The van der Waals surface area contributed by atoms with E-state index in [2.05, 4.69) is 26.2 Å². The molecule has 0 amide bonds. The number of rotatable bonds is 2. The van der Waals surface area contributed by atoms with Gasteiger partial charge >= 0.3 is 5.97 Å². The van der Waals surface area contributed by atoms with Crippen molar-refractivity contribution in [2.24, 2.45) is 0 Å². The Balaban J connectivity index is 2.07. The van der Waals surface area contributed by atoms with Crippen LogP contribution in [0, 0.1) is 0 Å². The monoisotopic (exact) mass is 439 g/mol. The molecule has 0 aliphatic carbocycles. The van der Waals surface area contributed by atoms with E-state index in [-0.39, 0.29) is 5.56 Å². The highest BCUT2D eigenvalue weighted by Crippen LogP contribution is 2.41. The number of aromatic carboxylic acids is 1. The highest BCUT2D eigenvalue weighted by atomic mass is 79.9. The first-order valence-corrected chi connectivity index (χ1v) is 9.17. The summed E-state index contributed by atoms with van der Waals surface area (Å²) >= 11 is 15.9. The lowest BCUT2D eigenvalue weighted by atomic mass is 10.0. The number of aryl methyl sites for hydroxylation is 1. The topological polar surface area (TPSA) is 67.1 Å². The molecule has 25 heavy (non-hydrogen) atoms. The van der Waals surface area contributed by atoms with Gasteiger partial charge in [0.2, 0.25) is 5.95 Å². The Kier molecular flexibility index (Phi) is 4.14. The van der Waals surface area contributed by atoms with Crippen LogP contribution in [0.25, 0.3) is 22.2 Å². The molecule has 2 N–H and O–H groups in total. The van der Waals surface area contributed by atoms with Crippen molar-refractivity contribution in [3.05, 3.63) is 44.3 Å². The molecule has 5 nitrogen and oxygen atoms in total. The number of hydrogen-bond acceptors (Lipinski definition) is 3. The highest BCUT2D eigenvalue weighted by molar-refractivity contribution is 9.10. The fourth-order valence-electron chi connectivity index (χ4n) is 3.14. The van der Waals surface area contributed by atoms with Gasteiger partial charge in [0.25, 0.3) is 0 Å². The summed E-state index contributed by atoms with van der Waals surface area (Å²) in [5.41, 5.74) is 2.77. The molecule has 0 bridgehead atoms. The van der Waals surface area contributed by atoms with Crippen LogP contribution in [0.4, 0.5) is 5.95 Å². The maximum atomic E-state index is 11.9. The van der Waals surface area contributed by atoms with Gasteiger partial charge < -0.3 is 15.0 Å². The Bertz CT molecular complexity index is 1030. The lowest BCUT2D eigenvalue weighted by Gasteiger charge is -2.17. The first kappa shape index (κ1) is 16.7. The van der Waals surface area contributed by atoms with Gasteiger partial charge in [-0.15, -0.1) is 0 Å². The first-order valence-electron chi connectivity index (χ1n) is 7.62. The van der Waals surface area contributed by atoms with Crippen molar-refractivity contribution in [2.45, 2.75) is 13.0 Å². The molecule has 0 saturated heterocycles. The summed E-state index contributed by atoms with van der Waals surface area (Å²) in [6.45, 7) is 1.55. The van der Waals surface area contributed by atoms with E-state index >= 15 is 0 Å². The third kappa shape index (κ3) is 2.69. The van der Waals surface area contributed by atoms with Crippen molar-refractivity contribution in [3.8, 4) is 11.1 Å². The van der Waals surface area contributed by atoms with Crippen molar-refractivity contribution >= 4 is 62.1 Å². The normalized spacial score (nSPS) is 13.6. The van der Waals surface area contributed by atoms with Gasteiger partial charge in [0.15, 0.2) is 0 Å². The van der Waals surface area contributed by atoms with Crippen molar-refractivity contribution < 1.29 is 9.90 Å². The Hall–Kier alpha value is -1.76. The molecule has 1 aliphatic rings. The van der Waals surface area contributed by atoms with Crippen LogP contribution in [0.2, 0.25) is 10.0 Å². The van der Waals surface area contributed by atoms with Crippen molar-refractivity contribution in [2.75, 3.05) is 11.9 Å². The van der Waals surface area contributed by atoms with Gasteiger partial charge in [-0.25, -0.2) is 9.78 Å². The number of carbonyl (C=O) groups is 1. The summed E-state index contributed by atoms with van der Waals surface area (Å²) in [6.07, 6.45) is 0.917. The van der Waals surface area contributed by atoms with E-state index in [0.29, 0.717) is 42.6 Å². The molecule has 0 saturated carbocycles. The molecule has 0 fully saturated rings. The fraction of sp³-hybridized carbons (Fsp3) is 0.176. The second kappa shape index (κ2) is 6.20. The molecule has 4 rings (SSSR count).